The van der Waals surface area contributed by atoms with E-state index < -0.39 is 0 Å². The number of rotatable bonds is 5. The summed E-state index contributed by atoms with van der Waals surface area (Å²) < 4.78 is 0. The van der Waals surface area contributed by atoms with Crippen LogP contribution in [0.5, 0.6) is 0 Å². The molecular formula is C14H18Cl4N2. The fraction of sp³-hybridized carbons (Fsp3) is 0.571. The van der Waals surface area contributed by atoms with Gasteiger partial charge in [0.2, 0.25) is 0 Å². The summed E-state index contributed by atoms with van der Waals surface area (Å²) in [6, 6.07) is 0. The van der Waals surface area contributed by atoms with Crippen molar-refractivity contribution in [1.82, 2.24) is 9.80 Å². The molecule has 0 bridgehead atoms. The molecule has 0 atom stereocenters. The summed E-state index contributed by atoms with van der Waals surface area (Å²) in [7, 11) is 0. The first-order valence-electron chi connectivity index (χ1n) is 6.77. The molecule has 2 nitrogen and oxygen atoms in total. The van der Waals surface area contributed by atoms with Crippen molar-refractivity contribution in [1.29, 1.82) is 0 Å². The molecule has 6 heteroatoms. The predicted octanol–water partition coefficient (Wildman–Crippen LogP) is 4.96. The van der Waals surface area contributed by atoms with E-state index in [2.05, 4.69) is 23.6 Å². The van der Waals surface area contributed by atoms with Crippen LogP contribution in [-0.2, 0) is 13.1 Å². The fourth-order valence-electron chi connectivity index (χ4n) is 2.54. The molecule has 1 aliphatic rings. The Hall–Kier alpha value is 0.300. The van der Waals surface area contributed by atoms with Crippen LogP contribution in [0.2, 0.25) is 20.1 Å². The Labute approximate surface area is 140 Å². The van der Waals surface area contributed by atoms with E-state index >= 15 is 0 Å². The Kier molecular flexibility index (Phi) is 5.87. The summed E-state index contributed by atoms with van der Waals surface area (Å²) in [6.07, 6.45) is 0. The Morgan fingerprint density at radius 3 is 1.70 bits per heavy atom. The number of benzene rings is 1. The Balaban J connectivity index is 2.12. The summed E-state index contributed by atoms with van der Waals surface area (Å²) in [6.45, 7) is 10.1. The molecule has 0 aromatic heterocycles. The van der Waals surface area contributed by atoms with E-state index in [4.69, 9.17) is 46.4 Å². The molecule has 0 unspecified atom stereocenters. The molecule has 1 aromatic carbocycles. The third-order valence-electron chi connectivity index (χ3n) is 3.86. The number of hydrogen-bond acceptors (Lipinski definition) is 2. The van der Waals surface area contributed by atoms with Gasteiger partial charge in [-0.25, -0.2) is 0 Å². The second-order valence-electron chi connectivity index (χ2n) is 4.95. The van der Waals surface area contributed by atoms with Crippen LogP contribution in [0.25, 0.3) is 0 Å². The van der Waals surface area contributed by atoms with Gasteiger partial charge in [-0.2, -0.15) is 0 Å². The number of nitrogens with zero attached hydrogens (tertiary/aromatic N) is 2. The Morgan fingerprint density at radius 2 is 1.30 bits per heavy atom. The van der Waals surface area contributed by atoms with Gasteiger partial charge < -0.3 is 4.90 Å². The maximum Gasteiger partial charge on any atom is 0.0797 e. The van der Waals surface area contributed by atoms with Crippen LogP contribution in [0.4, 0.5) is 0 Å². The Bertz CT molecular complexity index is 464. The maximum atomic E-state index is 6.29. The zero-order valence-corrected chi connectivity index (χ0v) is 14.7. The van der Waals surface area contributed by atoms with Crippen molar-refractivity contribution in [3.8, 4) is 0 Å². The molecule has 20 heavy (non-hydrogen) atoms. The second-order valence-corrected chi connectivity index (χ2v) is 6.46. The van der Waals surface area contributed by atoms with Gasteiger partial charge in [-0.3, -0.25) is 4.90 Å². The smallest absolute Gasteiger partial charge is 0.0797 e. The second kappa shape index (κ2) is 7.04. The molecule has 0 amide bonds. The van der Waals surface area contributed by atoms with E-state index in [1.165, 1.54) is 0 Å². The van der Waals surface area contributed by atoms with Gasteiger partial charge in [0.1, 0.15) is 0 Å². The first-order valence-corrected chi connectivity index (χ1v) is 8.29. The molecule has 0 saturated carbocycles. The normalized spacial score (nSPS) is 15.2. The lowest BCUT2D eigenvalue weighted by Gasteiger charge is -2.22. The van der Waals surface area contributed by atoms with Gasteiger partial charge >= 0.3 is 0 Å². The van der Waals surface area contributed by atoms with Gasteiger partial charge in [-0.1, -0.05) is 60.3 Å². The topological polar surface area (TPSA) is 6.48 Å². The summed E-state index contributed by atoms with van der Waals surface area (Å²) in [5, 5.41) is 1.81. The average molecular weight is 356 g/mol. The third kappa shape index (κ3) is 3.21. The first-order chi connectivity index (χ1) is 9.49. The minimum atomic E-state index is 0.364. The fourth-order valence-corrected chi connectivity index (χ4v) is 3.59. The van der Waals surface area contributed by atoms with Crippen molar-refractivity contribution in [2.24, 2.45) is 0 Å². The quantitative estimate of drug-likeness (QED) is 0.544. The highest BCUT2D eigenvalue weighted by Gasteiger charge is 2.27. The zero-order chi connectivity index (χ0) is 14.9. The zero-order valence-electron chi connectivity index (χ0n) is 11.6. The number of halogens is 4. The highest BCUT2D eigenvalue weighted by molar-refractivity contribution is 6.52. The predicted molar refractivity (Wildman–Crippen MR) is 88.4 cm³/mol. The van der Waals surface area contributed by atoms with E-state index in [-0.39, 0.29) is 0 Å². The minimum absolute atomic E-state index is 0.364. The SMILES string of the molecule is CCN(CC)CCN1Cc2c(Cl)c(Cl)c(Cl)c(Cl)c2C1. The monoisotopic (exact) mass is 354 g/mol. The van der Waals surface area contributed by atoms with Crippen LogP contribution in [-0.4, -0.2) is 36.0 Å². The van der Waals surface area contributed by atoms with Gasteiger partial charge in [0, 0.05) is 26.2 Å². The van der Waals surface area contributed by atoms with Gasteiger partial charge in [0.05, 0.1) is 20.1 Å². The largest absolute Gasteiger partial charge is 0.303 e. The first kappa shape index (κ1) is 16.7. The molecule has 0 saturated heterocycles. The van der Waals surface area contributed by atoms with Gasteiger partial charge in [-0.05, 0) is 24.2 Å². The summed E-state index contributed by atoms with van der Waals surface area (Å²) >= 11 is 24.8. The van der Waals surface area contributed by atoms with Crippen LogP contribution >= 0.6 is 46.4 Å². The van der Waals surface area contributed by atoms with Gasteiger partial charge in [-0.15, -0.1) is 0 Å². The van der Waals surface area contributed by atoms with Crippen LogP contribution in [0.15, 0.2) is 0 Å². The molecule has 112 valence electrons. The van der Waals surface area contributed by atoms with Crippen molar-refractivity contribution >= 4 is 46.4 Å². The minimum Gasteiger partial charge on any atom is -0.303 e. The lowest BCUT2D eigenvalue weighted by molar-refractivity contribution is 0.216. The Morgan fingerprint density at radius 1 is 0.850 bits per heavy atom. The van der Waals surface area contributed by atoms with Crippen molar-refractivity contribution in [2.45, 2.75) is 26.9 Å². The molecule has 1 aliphatic heterocycles. The van der Waals surface area contributed by atoms with Crippen LogP contribution in [0.1, 0.15) is 25.0 Å². The highest BCUT2D eigenvalue weighted by atomic mass is 35.5. The van der Waals surface area contributed by atoms with Crippen molar-refractivity contribution in [3.05, 3.63) is 31.2 Å². The molecule has 1 aromatic rings. The molecule has 0 fully saturated rings. The van der Waals surface area contributed by atoms with E-state index in [0.29, 0.717) is 20.1 Å². The standard InChI is InChI=1S/C14H18Cl4N2/c1-3-19(4-2)5-6-20-7-9-10(8-20)12(16)14(18)13(17)11(9)15/h3-8H2,1-2H3. The van der Waals surface area contributed by atoms with E-state index in [9.17, 15) is 0 Å². The lowest BCUT2D eigenvalue weighted by atomic mass is 10.1. The molecule has 0 aliphatic carbocycles. The third-order valence-corrected chi connectivity index (χ3v) is 5.74. The molecule has 0 radical (unpaired) electrons. The number of likely N-dealkylation sites (N-methyl/N-ethyl adjacent to an activating group) is 1. The number of hydrogen-bond donors (Lipinski definition) is 0. The summed E-state index contributed by atoms with van der Waals surface area (Å²) in [4.78, 5) is 4.72. The van der Waals surface area contributed by atoms with Crippen molar-refractivity contribution in [3.63, 3.8) is 0 Å². The van der Waals surface area contributed by atoms with Crippen LogP contribution < -0.4 is 0 Å². The van der Waals surface area contributed by atoms with Crippen molar-refractivity contribution < 1.29 is 0 Å². The van der Waals surface area contributed by atoms with Crippen LogP contribution in [0, 0.1) is 0 Å². The summed E-state index contributed by atoms with van der Waals surface area (Å²) in [5.74, 6) is 0. The summed E-state index contributed by atoms with van der Waals surface area (Å²) in [5.41, 5.74) is 2.04. The molecular weight excluding hydrogens is 338 g/mol. The van der Waals surface area contributed by atoms with E-state index in [0.717, 1.165) is 50.4 Å². The molecule has 1 heterocycles. The number of fused-ring (bicyclic) bond motifs is 1. The molecule has 0 spiro atoms. The molecule has 2 rings (SSSR count). The van der Waals surface area contributed by atoms with Crippen molar-refractivity contribution in [2.75, 3.05) is 26.2 Å². The van der Waals surface area contributed by atoms with E-state index in [1.54, 1.807) is 0 Å². The van der Waals surface area contributed by atoms with Gasteiger partial charge in [0.25, 0.3) is 0 Å². The van der Waals surface area contributed by atoms with Crippen LogP contribution in [0.3, 0.4) is 0 Å². The maximum absolute atomic E-state index is 6.29. The molecule has 0 N–H and O–H groups in total. The average Bonchev–Trinajstić information content (AvgIpc) is 2.88. The van der Waals surface area contributed by atoms with E-state index in [1.807, 2.05) is 0 Å². The van der Waals surface area contributed by atoms with Gasteiger partial charge in [0.15, 0.2) is 0 Å². The lowest BCUT2D eigenvalue weighted by Crippen LogP contribution is -2.32. The highest BCUT2D eigenvalue weighted by Crippen LogP contribution is 2.44.